The summed E-state index contributed by atoms with van der Waals surface area (Å²) in [6.45, 7) is 4.82. The van der Waals surface area contributed by atoms with Gasteiger partial charge in [-0.05, 0) is 13.8 Å². The van der Waals surface area contributed by atoms with E-state index in [4.69, 9.17) is 9.88 Å². The van der Waals surface area contributed by atoms with Crippen LogP contribution in [0.3, 0.4) is 0 Å². The summed E-state index contributed by atoms with van der Waals surface area (Å²) in [6.07, 6.45) is 0. The number of nitrogens with two attached hydrogens (primary N) is 1. The molecule has 0 aromatic carbocycles. The minimum atomic E-state index is -3.82. The Morgan fingerprint density at radius 2 is 2.07 bits per heavy atom. The summed E-state index contributed by atoms with van der Waals surface area (Å²) in [4.78, 5) is 0. The second kappa shape index (κ2) is 4.69. The van der Waals surface area contributed by atoms with Crippen LogP contribution in [-0.4, -0.2) is 29.8 Å². The molecule has 0 atom stereocenters. The van der Waals surface area contributed by atoms with Crippen molar-refractivity contribution in [3.8, 4) is 0 Å². The Bertz CT molecular complexity index is 425. The molecule has 0 radical (unpaired) electrons. The van der Waals surface area contributed by atoms with Gasteiger partial charge < -0.3 is 4.74 Å². The van der Waals surface area contributed by atoms with E-state index in [1.54, 1.807) is 6.92 Å². The molecule has 1 rings (SSSR count). The summed E-state index contributed by atoms with van der Waals surface area (Å²) >= 11 is 0. The Morgan fingerprint density at radius 1 is 1.40 bits per heavy atom. The molecule has 0 saturated carbocycles. The summed E-state index contributed by atoms with van der Waals surface area (Å²) in [5.41, 5.74) is 0. The van der Waals surface area contributed by atoms with Gasteiger partial charge in [0, 0.05) is 13.2 Å². The summed E-state index contributed by atoms with van der Waals surface area (Å²) in [5, 5.41) is 12.0. The van der Waals surface area contributed by atoms with E-state index in [2.05, 4.69) is 10.2 Å². The van der Waals surface area contributed by atoms with Crippen LogP contribution in [0.1, 0.15) is 19.7 Å². The van der Waals surface area contributed by atoms with Gasteiger partial charge in [-0.1, -0.05) is 0 Å². The average Bonchev–Trinajstić information content (AvgIpc) is 2.56. The van der Waals surface area contributed by atoms with Crippen LogP contribution in [0.2, 0.25) is 0 Å². The molecule has 0 unspecified atom stereocenters. The summed E-state index contributed by atoms with van der Waals surface area (Å²) in [6, 6.07) is 0. The quantitative estimate of drug-likeness (QED) is 0.739. The first-order valence-electron chi connectivity index (χ1n) is 4.53. The molecule has 7 nitrogen and oxygen atoms in total. The number of nitrogens with zero attached hydrogens (tertiary/aromatic N) is 3. The lowest BCUT2D eigenvalue weighted by Crippen LogP contribution is -2.19. The SMILES string of the molecule is CCOCc1nnc(S(N)(=O)=O)n1CC. The van der Waals surface area contributed by atoms with Crippen LogP contribution in [-0.2, 0) is 27.9 Å². The van der Waals surface area contributed by atoms with Gasteiger partial charge in [0.05, 0.1) is 0 Å². The van der Waals surface area contributed by atoms with Crippen LogP contribution in [0.25, 0.3) is 0 Å². The zero-order chi connectivity index (χ0) is 11.5. The van der Waals surface area contributed by atoms with Gasteiger partial charge in [-0.15, -0.1) is 10.2 Å². The van der Waals surface area contributed by atoms with E-state index in [0.29, 0.717) is 19.0 Å². The molecule has 8 heteroatoms. The van der Waals surface area contributed by atoms with Crippen LogP contribution in [0.4, 0.5) is 0 Å². The van der Waals surface area contributed by atoms with Crippen molar-refractivity contribution >= 4 is 10.0 Å². The number of rotatable bonds is 5. The first-order chi connectivity index (χ1) is 7.00. The maximum atomic E-state index is 11.1. The van der Waals surface area contributed by atoms with Gasteiger partial charge in [-0.25, -0.2) is 13.6 Å². The Hall–Kier alpha value is -0.990. The maximum Gasteiger partial charge on any atom is 0.273 e. The van der Waals surface area contributed by atoms with E-state index in [-0.39, 0.29) is 11.8 Å². The highest BCUT2D eigenvalue weighted by molar-refractivity contribution is 7.89. The average molecular weight is 234 g/mol. The van der Waals surface area contributed by atoms with Gasteiger partial charge in [-0.3, -0.25) is 4.57 Å². The van der Waals surface area contributed by atoms with E-state index in [0.717, 1.165) is 0 Å². The molecular formula is C7H14N4O3S. The number of sulfonamides is 1. The van der Waals surface area contributed by atoms with Crippen molar-refractivity contribution in [2.45, 2.75) is 32.2 Å². The zero-order valence-corrected chi connectivity index (χ0v) is 9.49. The largest absolute Gasteiger partial charge is 0.374 e. The van der Waals surface area contributed by atoms with Crippen LogP contribution < -0.4 is 5.14 Å². The Balaban J connectivity index is 3.06. The van der Waals surface area contributed by atoms with Crippen molar-refractivity contribution in [2.24, 2.45) is 5.14 Å². The molecule has 2 N–H and O–H groups in total. The third-order valence-corrected chi connectivity index (χ3v) is 2.61. The van der Waals surface area contributed by atoms with Crippen LogP contribution in [0, 0.1) is 0 Å². The number of ether oxygens (including phenoxy) is 1. The minimum Gasteiger partial charge on any atom is -0.374 e. The number of hydrogen-bond donors (Lipinski definition) is 1. The van der Waals surface area contributed by atoms with E-state index >= 15 is 0 Å². The van der Waals surface area contributed by atoms with Crippen LogP contribution in [0.5, 0.6) is 0 Å². The molecule has 15 heavy (non-hydrogen) atoms. The number of aromatic nitrogens is 3. The van der Waals surface area contributed by atoms with E-state index in [9.17, 15) is 8.42 Å². The lowest BCUT2D eigenvalue weighted by molar-refractivity contribution is 0.125. The molecule has 0 aliphatic carbocycles. The molecule has 0 bridgehead atoms. The topological polar surface area (TPSA) is 100 Å². The second-order valence-electron chi connectivity index (χ2n) is 2.83. The molecule has 1 heterocycles. The van der Waals surface area contributed by atoms with Gasteiger partial charge in [0.1, 0.15) is 6.61 Å². The third kappa shape index (κ3) is 2.74. The standard InChI is InChI=1S/C7H14N4O3S/c1-3-11-6(5-14-4-2)9-10-7(11)15(8,12)13/h3-5H2,1-2H3,(H2,8,12,13). The highest BCUT2D eigenvalue weighted by Crippen LogP contribution is 2.07. The van der Waals surface area contributed by atoms with Crippen LogP contribution >= 0.6 is 0 Å². The van der Waals surface area contributed by atoms with Crippen molar-refractivity contribution in [3.05, 3.63) is 5.82 Å². The normalized spacial score (nSPS) is 11.9. The highest BCUT2D eigenvalue weighted by Gasteiger charge is 2.19. The fourth-order valence-electron chi connectivity index (χ4n) is 1.15. The molecule has 0 aliphatic rings. The Morgan fingerprint density at radius 3 is 2.53 bits per heavy atom. The Labute approximate surface area is 88.3 Å². The molecule has 0 saturated heterocycles. The van der Waals surface area contributed by atoms with Crippen molar-refractivity contribution < 1.29 is 13.2 Å². The van der Waals surface area contributed by atoms with Gasteiger partial charge in [0.25, 0.3) is 15.2 Å². The van der Waals surface area contributed by atoms with Gasteiger partial charge in [0.15, 0.2) is 5.82 Å². The second-order valence-corrected chi connectivity index (χ2v) is 4.28. The zero-order valence-electron chi connectivity index (χ0n) is 8.67. The minimum absolute atomic E-state index is 0.222. The molecule has 1 aromatic heterocycles. The van der Waals surface area contributed by atoms with Crippen molar-refractivity contribution in [2.75, 3.05) is 6.61 Å². The molecule has 86 valence electrons. The van der Waals surface area contributed by atoms with E-state index in [1.807, 2.05) is 6.92 Å². The molecule has 0 aliphatic heterocycles. The first-order valence-corrected chi connectivity index (χ1v) is 6.08. The molecule has 1 aromatic rings. The first kappa shape index (κ1) is 12.1. The monoisotopic (exact) mass is 234 g/mol. The summed E-state index contributed by atoms with van der Waals surface area (Å²) in [5.74, 6) is 0.461. The lowest BCUT2D eigenvalue weighted by Gasteiger charge is -2.05. The molecule has 0 fully saturated rings. The fourth-order valence-corrected chi connectivity index (χ4v) is 1.84. The smallest absolute Gasteiger partial charge is 0.273 e. The van der Waals surface area contributed by atoms with Crippen LogP contribution in [0.15, 0.2) is 5.16 Å². The molecule has 0 spiro atoms. The number of hydrogen-bond acceptors (Lipinski definition) is 5. The molecular weight excluding hydrogens is 220 g/mol. The highest BCUT2D eigenvalue weighted by atomic mass is 32.2. The van der Waals surface area contributed by atoms with Crippen molar-refractivity contribution in [1.29, 1.82) is 0 Å². The van der Waals surface area contributed by atoms with E-state index in [1.165, 1.54) is 4.57 Å². The fraction of sp³-hybridized carbons (Fsp3) is 0.714. The lowest BCUT2D eigenvalue weighted by atomic mass is 10.6. The summed E-state index contributed by atoms with van der Waals surface area (Å²) in [7, 11) is -3.82. The third-order valence-electron chi connectivity index (χ3n) is 1.80. The molecule has 0 amide bonds. The summed E-state index contributed by atoms with van der Waals surface area (Å²) < 4.78 is 28.8. The van der Waals surface area contributed by atoms with Crippen molar-refractivity contribution in [1.82, 2.24) is 14.8 Å². The Kier molecular flexibility index (Phi) is 3.77. The van der Waals surface area contributed by atoms with E-state index < -0.39 is 10.0 Å². The van der Waals surface area contributed by atoms with Gasteiger partial charge >= 0.3 is 0 Å². The predicted molar refractivity (Wildman–Crippen MR) is 52.4 cm³/mol. The number of primary sulfonamides is 1. The van der Waals surface area contributed by atoms with Gasteiger partial charge in [-0.2, -0.15) is 0 Å². The predicted octanol–water partition coefficient (Wildman–Crippen LogP) is -0.518. The van der Waals surface area contributed by atoms with Gasteiger partial charge in [0.2, 0.25) is 0 Å². The van der Waals surface area contributed by atoms with Crippen molar-refractivity contribution in [3.63, 3.8) is 0 Å². The maximum absolute atomic E-state index is 11.1.